The molecule has 1 amide bonds. The van der Waals surface area contributed by atoms with Gasteiger partial charge in [-0.2, -0.15) is 0 Å². The van der Waals surface area contributed by atoms with Crippen LogP contribution in [0.3, 0.4) is 0 Å². The Hall–Kier alpha value is -1.11. The van der Waals surface area contributed by atoms with E-state index in [-0.39, 0.29) is 11.1 Å². The molecular weight excluding hydrogens is 182 g/mol. The van der Waals surface area contributed by atoms with Crippen molar-refractivity contribution in [2.75, 3.05) is 13.3 Å². The number of nitrogens with zero attached hydrogens (tertiary/aromatic N) is 3. The minimum atomic E-state index is -0.828. The molecule has 12 heavy (non-hydrogen) atoms. The summed E-state index contributed by atoms with van der Waals surface area (Å²) in [5.41, 5.74) is 0. The largest absolute Gasteiger partial charge is 0.290 e. The second-order valence-electron chi connectivity index (χ2n) is 1.90. The van der Waals surface area contributed by atoms with Gasteiger partial charge in [-0.15, -0.1) is 0 Å². The maximum absolute atomic E-state index is 10.7. The van der Waals surface area contributed by atoms with Gasteiger partial charge in [0.25, 0.3) is 0 Å². The number of hydrazone groups is 1. The van der Waals surface area contributed by atoms with Crippen LogP contribution >= 0.6 is 11.8 Å². The third-order valence-electron chi connectivity index (χ3n) is 1.11. The lowest BCUT2D eigenvalue weighted by atomic mass is 10.6. The lowest BCUT2D eigenvalue weighted by molar-refractivity contribution is -0.485. The summed E-state index contributed by atoms with van der Waals surface area (Å²) in [5.74, 6) is -0.287. The molecule has 0 aromatic rings. The summed E-state index contributed by atoms with van der Waals surface area (Å²) in [5, 5.41) is 12.2. The lowest BCUT2D eigenvalue weighted by Gasteiger charge is -2.11. The highest BCUT2D eigenvalue weighted by Crippen LogP contribution is 2.03. The molecule has 0 saturated heterocycles. The van der Waals surface area contributed by atoms with Gasteiger partial charge in [-0.3, -0.25) is 9.69 Å². The van der Waals surface area contributed by atoms with Crippen LogP contribution < -0.4 is 0 Å². The molecule has 0 radical (unpaired) electrons. The molecule has 0 aliphatic carbocycles. The Morgan fingerprint density at radius 3 is 2.42 bits per heavy atom. The Labute approximate surface area is 73.8 Å². The van der Waals surface area contributed by atoms with Gasteiger partial charge >= 0.3 is 0 Å². The predicted molar refractivity (Wildman–Crippen MR) is 46.4 cm³/mol. The molecule has 0 N–H and O–H groups in total. The number of hydrogen-bond acceptors (Lipinski definition) is 4. The van der Waals surface area contributed by atoms with Gasteiger partial charge in [0, 0.05) is 14.0 Å². The number of thioether (sulfide) groups is 1. The van der Waals surface area contributed by atoms with E-state index in [9.17, 15) is 14.9 Å². The molecule has 0 spiro atoms. The number of carbonyl (C=O) groups is 1. The summed E-state index contributed by atoms with van der Waals surface area (Å²) in [7, 11) is 1.43. The monoisotopic (exact) mass is 191 g/mol. The second-order valence-corrected chi connectivity index (χ2v) is 2.68. The van der Waals surface area contributed by atoms with Crippen LogP contribution in [0, 0.1) is 10.1 Å². The normalized spacial score (nSPS) is 11.1. The first kappa shape index (κ1) is 10.9. The Bertz CT molecular complexity index is 228. The van der Waals surface area contributed by atoms with E-state index in [1.165, 1.54) is 14.0 Å². The molecule has 0 unspecified atom stereocenters. The third-order valence-corrected chi connectivity index (χ3v) is 1.83. The molecule has 0 aliphatic heterocycles. The van der Waals surface area contributed by atoms with Crippen molar-refractivity contribution in [2.45, 2.75) is 6.92 Å². The molecule has 0 atom stereocenters. The molecule has 7 heteroatoms. The SMILES string of the molecule is CS/C(=N\[N+](=O)[O-])N(C)C(C)=O. The molecule has 0 fully saturated rings. The van der Waals surface area contributed by atoms with E-state index >= 15 is 0 Å². The van der Waals surface area contributed by atoms with Gasteiger partial charge in [0.15, 0.2) is 5.03 Å². The number of carbonyl (C=O) groups excluding carboxylic acids is 1. The highest BCUT2D eigenvalue weighted by molar-refractivity contribution is 8.13. The quantitative estimate of drug-likeness (QED) is 0.260. The van der Waals surface area contributed by atoms with Crippen molar-refractivity contribution in [3.63, 3.8) is 0 Å². The van der Waals surface area contributed by atoms with E-state index in [0.717, 1.165) is 16.7 Å². The fourth-order valence-corrected chi connectivity index (χ4v) is 1.00. The summed E-state index contributed by atoms with van der Waals surface area (Å²) in [6.45, 7) is 1.31. The second kappa shape index (κ2) is 4.70. The highest BCUT2D eigenvalue weighted by atomic mass is 32.2. The smallest absolute Gasteiger partial charge is 0.243 e. The Morgan fingerprint density at radius 1 is 1.67 bits per heavy atom. The number of amides is 1. The average molecular weight is 191 g/mol. The van der Waals surface area contributed by atoms with Crippen molar-refractivity contribution < 1.29 is 9.83 Å². The summed E-state index contributed by atoms with van der Waals surface area (Å²) < 4.78 is 0. The first-order valence-corrected chi connectivity index (χ1v) is 4.22. The molecular formula is C5H9N3O3S. The molecule has 0 rings (SSSR count). The summed E-state index contributed by atoms with van der Waals surface area (Å²) >= 11 is 1.05. The van der Waals surface area contributed by atoms with Crippen molar-refractivity contribution in [1.82, 2.24) is 4.90 Å². The molecule has 0 heterocycles. The average Bonchev–Trinajstić information content (AvgIpc) is 1.98. The summed E-state index contributed by atoms with van der Waals surface area (Å²) in [6.07, 6.45) is 1.61. The molecule has 0 aromatic carbocycles. The van der Waals surface area contributed by atoms with E-state index in [4.69, 9.17) is 0 Å². The number of hydrogen-bond donors (Lipinski definition) is 0. The summed E-state index contributed by atoms with van der Waals surface area (Å²) in [6, 6.07) is 0. The van der Waals surface area contributed by atoms with Crippen LogP contribution in [-0.2, 0) is 4.79 Å². The van der Waals surface area contributed by atoms with Gasteiger partial charge in [-0.05, 0) is 6.26 Å². The van der Waals surface area contributed by atoms with E-state index in [1.807, 2.05) is 0 Å². The van der Waals surface area contributed by atoms with Crippen molar-refractivity contribution in [3.05, 3.63) is 10.1 Å². The number of amidine groups is 1. The predicted octanol–water partition coefficient (Wildman–Crippen LogP) is 0.375. The van der Waals surface area contributed by atoms with Crippen LogP contribution in [0.2, 0.25) is 0 Å². The zero-order chi connectivity index (χ0) is 9.72. The highest BCUT2D eigenvalue weighted by Gasteiger charge is 2.13. The van der Waals surface area contributed by atoms with Crippen LogP contribution in [0.25, 0.3) is 0 Å². The van der Waals surface area contributed by atoms with Crippen LogP contribution in [0.5, 0.6) is 0 Å². The minimum absolute atomic E-state index is 0.0764. The van der Waals surface area contributed by atoms with Gasteiger partial charge in [0.1, 0.15) is 0 Å². The Balaban J connectivity index is 4.55. The van der Waals surface area contributed by atoms with Gasteiger partial charge in [-0.1, -0.05) is 11.8 Å². The van der Waals surface area contributed by atoms with Gasteiger partial charge in [0.2, 0.25) is 11.1 Å². The molecule has 6 nitrogen and oxygen atoms in total. The van der Waals surface area contributed by atoms with Crippen molar-refractivity contribution in [3.8, 4) is 0 Å². The zero-order valence-corrected chi connectivity index (χ0v) is 7.79. The van der Waals surface area contributed by atoms with E-state index < -0.39 is 5.03 Å². The van der Waals surface area contributed by atoms with Crippen molar-refractivity contribution in [2.24, 2.45) is 5.10 Å². The van der Waals surface area contributed by atoms with Crippen LogP contribution in [0.1, 0.15) is 6.92 Å². The van der Waals surface area contributed by atoms with Gasteiger partial charge < -0.3 is 0 Å². The fraction of sp³-hybridized carbons (Fsp3) is 0.600. The Morgan fingerprint density at radius 2 is 2.17 bits per heavy atom. The van der Waals surface area contributed by atoms with Crippen molar-refractivity contribution >= 4 is 22.8 Å². The van der Waals surface area contributed by atoms with Gasteiger partial charge in [-0.25, -0.2) is 10.1 Å². The maximum atomic E-state index is 10.7. The van der Waals surface area contributed by atoms with Crippen LogP contribution in [0.15, 0.2) is 5.10 Å². The van der Waals surface area contributed by atoms with Crippen LogP contribution in [-0.4, -0.2) is 34.3 Å². The number of rotatable bonds is 1. The topological polar surface area (TPSA) is 75.8 Å². The van der Waals surface area contributed by atoms with Crippen LogP contribution in [0.4, 0.5) is 0 Å². The first-order chi connectivity index (χ1) is 5.49. The minimum Gasteiger partial charge on any atom is -0.290 e. The van der Waals surface area contributed by atoms with E-state index in [1.54, 1.807) is 6.26 Å². The Kier molecular flexibility index (Phi) is 4.27. The van der Waals surface area contributed by atoms with Gasteiger partial charge in [0.05, 0.1) is 5.10 Å². The third kappa shape index (κ3) is 3.33. The van der Waals surface area contributed by atoms with Crippen molar-refractivity contribution in [1.29, 1.82) is 0 Å². The first-order valence-electron chi connectivity index (χ1n) is 3.00. The maximum Gasteiger partial charge on any atom is 0.243 e. The fourth-order valence-electron chi connectivity index (χ4n) is 0.449. The standard InChI is InChI=1S/C5H9N3O3S/c1-4(9)7(2)5(12-3)6-8(10)11/h1-3H3/b6-5-. The molecule has 0 bridgehead atoms. The van der Waals surface area contributed by atoms with E-state index in [0.29, 0.717) is 0 Å². The molecule has 0 aliphatic rings. The molecule has 68 valence electrons. The zero-order valence-electron chi connectivity index (χ0n) is 6.97. The molecule has 0 aromatic heterocycles. The summed E-state index contributed by atoms with van der Waals surface area (Å²) in [4.78, 5) is 21.8. The molecule has 0 saturated carbocycles. The number of nitro groups is 1. The lowest BCUT2D eigenvalue weighted by Crippen LogP contribution is -2.29. The van der Waals surface area contributed by atoms with E-state index in [2.05, 4.69) is 5.10 Å².